The van der Waals surface area contributed by atoms with Crippen LogP contribution >= 0.6 is 0 Å². The number of nitriles is 1. The molecule has 0 aliphatic rings. The van der Waals surface area contributed by atoms with E-state index in [0.29, 0.717) is 6.42 Å². The van der Waals surface area contributed by atoms with Gasteiger partial charge in [-0.15, -0.1) is 0 Å². The van der Waals surface area contributed by atoms with Crippen LogP contribution in [-0.4, -0.2) is 5.78 Å². The Kier molecular flexibility index (Phi) is 2.98. The summed E-state index contributed by atoms with van der Waals surface area (Å²) in [4.78, 5) is 11.1. The minimum atomic E-state index is -0.614. The quantitative estimate of drug-likeness (QED) is 0.674. The molecule has 0 heterocycles. The van der Waals surface area contributed by atoms with E-state index in [1.54, 1.807) is 12.1 Å². The van der Waals surface area contributed by atoms with Gasteiger partial charge in [-0.1, -0.05) is 6.92 Å². The van der Waals surface area contributed by atoms with Gasteiger partial charge in [-0.2, -0.15) is 5.26 Å². The molecule has 3 heteroatoms. The zero-order valence-corrected chi connectivity index (χ0v) is 8.10. The van der Waals surface area contributed by atoms with Crippen molar-refractivity contribution in [3.63, 3.8) is 0 Å². The summed E-state index contributed by atoms with van der Waals surface area (Å²) in [6.45, 7) is 3.19. The molecule has 0 aromatic heterocycles. The first-order valence-electron chi connectivity index (χ1n) is 4.33. The average molecular weight is 191 g/mol. The van der Waals surface area contributed by atoms with Crippen LogP contribution in [0.15, 0.2) is 12.1 Å². The van der Waals surface area contributed by atoms with Gasteiger partial charge >= 0.3 is 0 Å². The minimum absolute atomic E-state index is 0.158. The van der Waals surface area contributed by atoms with Gasteiger partial charge in [-0.05, 0) is 31.0 Å². The van der Waals surface area contributed by atoms with E-state index in [1.807, 2.05) is 6.92 Å². The number of Topliss-reactive ketones (excluding diaryl/α,β-unsaturated/α-hetero) is 1. The Balaban J connectivity index is 3.45. The Bertz CT molecular complexity index is 418. The highest BCUT2D eigenvalue weighted by atomic mass is 19.1. The van der Waals surface area contributed by atoms with E-state index in [0.717, 1.165) is 5.56 Å². The molecule has 0 spiro atoms. The highest BCUT2D eigenvalue weighted by Crippen LogP contribution is 2.16. The summed E-state index contributed by atoms with van der Waals surface area (Å²) in [6, 6.07) is 4.57. The molecule has 0 N–H and O–H groups in total. The van der Waals surface area contributed by atoms with Gasteiger partial charge in [0.1, 0.15) is 11.9 Å². The molecule has 0 unspecified atom stereocenters. The molecule has 0 saturated heterocycles. The Morgan fingerprint density at radius 2 is 2.21 bits per heavy atom. The Labute approximate surface area is 82.0 Å². The van der Waals surface area contributed by atoms with Gasteiger partial charge in [-0.25, -0.2) is 4.39 Å². The van der Waals surface area contributed by atoms with Gasteiger partial charge in [0.2, 0.25) is 0 Å². The first-order valence-corrected chi connectivity index (χ1v) is 4.33. The fraction of sp³-hybridized carbons (Fsp3) is 0.273. The number of halogens is 1. The summed E-state index contributed by atoms with van der Waals surface area (Å²) in [5.74, 6) is -0.896. The van der Waals surface area contributed by atoms with Crippen LogP contribution in [0.1, 0.15) is 35.3 Å². The molecule has 72 valence electrons. The maximum Gasteiger partial charge on any atom is 0.161 e. The number of hydrogen-bond acceptors (Lipinski definition) is 2. The topological polar surface area (TPSA) is 40.9 Å². The van der Waals surface area contributed by atoms with Crippen molar-refractivity contribution in [2.75, 3.05) is 0 Å². The zero-order valence-electron chi connectivity index (χ0n) is 8.10. The largest absolute Gasteiger partial charge is 0.294 e. The molecule has 1 rings (SSSR count). The maximum absolute atomic E-state index is 13.3. The van der Waals surface area contributed by atoms with E-state index in [9.17, 15) is 9.18 Å². The standard InChI is InChI=1S/C11H10FNO/c1-3-8-4-9(7(2)14)10(6-13)11(12)5-8/h4-5H,3H2,1-2H3. The van der Waals surface area contributed by atoms with Crippen molar-refractivity contribution in [2.24, 2.45) is 0 Å². The Hall–Kier alpha value is -1.69. The molecule has 1 aromatic rings. The molecular formula is C11H10FNO. The number of hydrogen-bond donors (Lipinski definition) is 0. The van der Waals surface area contributed by atoms with E-state index < -0.39 is 5.82 Å². The number of rotatable bonds is 2. The van der Waals surface area contributed by atoms with Crippen molar-refractivity contribution in [2.45, 2.75) is 20.3 Å². The van der Waals surface area contributed by atoms with Gasteiger partial charge in [0.05, 0.1) is 5.56 Å². The van der Waals surface area contributed by atoms with E-state index >= 15 is 0 Å². The van der Waals surface area contributed by atoms with Crippen LogP contribution in [0.5, 0.6) is 0 Å². The zero-order chi connectivity index (χ0) is 10.7. The third-order valence-corrected chi connectivity index (χ3v) is 2.05. The Morgan fingerprint density at radius 3 is 2.64 bits per heavy atom. The monoisotopic (exact) mass is 191 g/mol. The molecule has 2 nitrogen and oxygen atoms in total. The first-order chi connectivity index (χ1) is 6.60. The summed E-state index contributed by atoms with van der Waals surface area (Å²) in [5, 5.41) is 8.67. The number of ketones is 1. The molecular weight excluding hydrogens is 181 g/mol. The average Bonchev–Trinajstić information content (AvgIpc) is 2.16. The molecule has 0 bridgehead atoms. The first kappa shape index (κ1) is 10.4. The lowest BCUT2D eigenvalue weighted by atomic mass is 10.00. The number of carbonyl (C=O) groups is 1. The van der Waals surface area contributed by atoms with Gasteiger partial charge in [0, 0.05) is 5.56 Å². The van der Waals surface area contributed by atoms with Crippen molar-refractivity contribution >= 4 is 5.78 Å². The minimum Gasteiger partial charge on any atom is -0.294 e. The second kappa shape index (κ2) is 4.01. The smallest absolute Gasteiger partial charge is 0.161 e. The van der Waals surface area contributed by atoms with E-state index in [1.165, 1.54) is 13.0 Å². The molecule has 0 aliphatic carbocycles. The second-order valence-electron chi connectivity index (χ2n) is 3.02. The third kappa shape index (κ3) is 1.80. The molecule has 0 aliphatic heterocycles. The predicted molar refractivity (Wildman–Crippen MR) is 50.5 cm³/mol. The van der Waals surface area contributed by atoms with Crippen molar-refractivity contribution in [1.29, 1.82) is 5.26 Å². The van der Waals surface area contributed by atoms with Crippen LogP contribution in [0, 0.1) is 17.1 Å². The number of carbonyl (C=O) groups excluding carboxylic acids is 1. The molecule has 14 heavy (non-hydrogen) atoms. The van der Waals surface area contributed by atoms with E-state index in [-0.39, 0.29) is 16.9 Å². The number of nitrogens with zero attached hydrogens (tertiary/aromatic N) is 1. The highest BCUT2D eigenvalue weighted by molar-refractivity contribution is 5.96. The van der Waals surface area contributed by atoms with Gasteiger partial charge in [0.25, 0.3) is 0 Å². The van der Waals surface area contributed by atoms with Crippen molar-refractivity contribution in [1.82, 2.24) is 0 Å². The normalized spacial score (nSPS) is 9.57. The lowest BCUT2D eigenvalue weighted by Crippen LogP contribution is -2.01. The maximum atomic E-state index is 13.3. The van der Waals surface area contributed by atoms with Crippen molar-refractivity contribution in [3.8, 4) is 6.07 Å². The van der Waals surface area contributed by atoms with Gasteiger partial charge in [-0.3, -0.25) is 4.79 Å². The summed E-state index contributed by atoms with van der Waals surface area (Å²) in [6.07, 6.45) is 0.642. The lowest BCUT2D eigenvalue weighted by molar-refractivity contribution is 0.101. The van der Waals surface area contributed by atoms with Crippen LogP contribution in [0.4, 0.5) is 4.39 Å². The summed E-state index contributed by atoms with van der Waals surface area (Å²) in [5.41, 5.74) is 0.741. The van der Waals surface area contributed by atoms with E-state index in [4.69, 9.17) is 5.26 Å². The summed E-state index contributed by atoms with van der Waals surface area (Å²) >= 11 is 0. The second-order valence-corrected chi connectivity index (χ2v) is 3.02. The van der Waals surface area contributed by atoms with Gasteiger partial charge < -0.3 is 0 Å². The Morgan fingerprint density at radius 1 is 1.57 bits per heavy atom. The summed E-state index contributed by atoms with van der Waals surface area (Å²) < 4.78 is 13.3. The molecule has 0 saturated carbocycles. The molecule has 0 radical (unpaired) electrons. The van der Waals surface area contributed by atoms with Crippen molar-refractivity contribution < 1.29 is 9.18 Å². The van der Waals surface area contributed by atoms with Crippen LogP contribution in [0.25, 0.3) is 0 Å². The molecule has 1 aromatic carbocycles. The highest BCUT2D eigenvalue weighted by Gasteiger charge is 2.13. The molecule has 0 fully saturated rings. The molecule has 0 amide bonds. The third-order valence-electron chi connectivity index (χ3n) is 2.05. The van der Waals surface area contributed by atoms with Crippen LogP contribution in [0.2, 0.25) is 0 Å². The molecule has 0 atom stereocenters. The fourth-order valence-corrected chi connectivity index (χ4v) is 1.26. The number of benzene rings is 1. The van der Waals surface area contributed by atoms with Gasteiger partial charge in [0.15, 0.2) is 5.78 Å². The van der Waals surface area contributed by atoms with Crippen molar-refractivity contribution in [3.05, 3.63) is 34.6 Å². The van der Waals surface area contributed by atoms with Crippen LogP contribution < -0.4 is 0 Å². The van der Waals surface area contributed by atoms with Crippen LogP contribution in [0.3, 0.4) is 0 Å². The lowest BCUT2D eigenvalue weighted by Gasteiger charge is -2.04. The SMILES string of the molecule is CCc1cc(F)c(C#N)c(C(C)=O)c1. The van der Waals surface area contributed by atoms with E-state index in [2.05, 4.69) is 0 Å². The fourth-order valence-electron chi connectivity index (χ4n) is 1.26. The summed E-state index contributed by atoms with van der Waals surface area (Å²) in [7, 11) is 0. The van der Waals surface area contributed by atoms with Crippen LogP contribution in [-0.2, 0) is 6.42 Å². The predicted octanol–water partition coefficient (Wildman–Crippen LogP) is 2.46. The number of aryl methyl sites for hydroxylation is 1.